The van der Waals surface area contributed by atoms with E-state index in [9.17, 15) is 8.42 Å². The lowest BCUT2D eigenvalue weighted by Crippen LogP contribution is -2.33. The van der Waals surface area contributed by atoms with Gasteiger partial charge in [0.05, 0.1) is 15.1 Å². The van der Waals surface area contributed by atoms with Crippen molar-refractivity contribution in [1.82, 2.24) is 4.31 Å². The number of sulfonamides is 1. The number of nitrogens with zero attached hydrogens (tertiary/aromatic N) is 1. The summed E-state index contributed by atoms with van der Waals surface area (Å²) in [6.07, 6.45) is 5.73. The summed E-state index contributed by atoms with van der Waals surface area (Å²) in [4.78, 5) is 0.0292. The molecule has 0 aliphatic rings. The van der Waals surface area contributed by atoms with Gasteiger partial charge in [0.1, 0.15) is 4.90 Å². The van der Waals surface area contributed by atoms with E-state index in [0.29, 0.717) is 13.1 Å². The molecule has 0 fully saturated rings. The van der Waals surface area contributed by atoms with E-state index in [0.717, 1.165) is 38.5 Å². The van der Waals surface area contributed by atoms with Crippen molar-refractivity contribution < 1.29 is 8.42 Å². The van der Waals surface area contributed by atoms with Crippen LogP contribution in [0.5, 0.6) is 0 Å². The predicted molar refractivity (Wildman–Crippen MR) is 99.3 cm³/mol. The molecule has 0 N–H and O–H groups in total. The highest BCUT2D eigenvalue weighted by molar-refractivity contribution is 7.89. The number of unbranched alkanes of at least 4 members (excludes halogenated alkanes) is 4. The molecule has 0 saturated carbocycles. The van der Waals surface area contributed by atoms with Crippen LogP contribution in [0.3, 0.4) is 0 Å². The van der Waals surface area contributed by atoms with Crippen molar-refractivity contribution in [2.24, 2.45) is 0 Å². The Balaban J connectivity index is 3.07. The summed E-state index contributed by atoms with van der Waals surface area (Å²) in [7, 11) is -3.67. The maximum Gasteiger partial charge on any atom is 0.244 e. The molecule has 7 heteroatoms. The summed E-state index contributed by atoms with van der Waals surface area (Å²) in [6.45, 7) is 5.17. The molecule has 0 unspecified atom stereocenters. The zero-order chi connectivity index (χ0) is 17.5. The van der Waals surface area contributed by atoms with Crippen LogP contribution in [0.4, 0.5) is 0 Å². The Hall–Kier alpha value is -0.000000000000000111. The first kappa shape index (κ1) is 21.0. The van der Waals surface area contributed by atoms with Gasteiger partial charge in [-0.15, -0.1) is 0 Å². The normalized spacial score (nSPS) is 12.1. The molecule has 0 aliphatic carbocycles. The van der Waals surface area contributed by atoms with Gasteiger partial charge in [0.25, 0.3) is 0 Å². The van der Waals surface area contributed by atoms with Crippen molar-refractivity contribution in [3.8, 4) is 0 Å². The van der Waals surface area contributed by atoms with E-state index < -0.39 is 10.0 Å². The molecule has 0 bridgehead atoms. The van der Waals surface area contributed by atoms with Gasteiger partial charge >= 0.3 is 0 Å². The lowest BCUT2D eigenvalue weighted by molar-refractivity contribution is 0.388. The summed E-state index contributed by atoms with van der Waals surface area (Å²) in [5, 5.41) is 0.547. The Morgan fingerprint density at radius 1 is 0.826 bits per heavy atom. The van der Waals surface area contributed by atoms with E-state index >= 15 is 0 Å². The van der Waals surface area contributed by atoms with Crippen molar-refractivity contribution in [3.63, 3.8) is 0 Å². The van der Waals surface area contributed by atoms with Gasteiger partial charge in [-0.25, -0.2) is 8.42 Å². The molecule has 0 heterocycles. The molecule has 0 saturated heterocycles. The van der Waals surface area contributed by atoms with Gasteiger partial charge in [-0.05, 0) is 25.0 Å². The van der Waals surface area contributed by atoms with Gasteiger partial charge in [-0.1, -0.05) is 74.3 Å². The predicted octanol–water partition coefficient (Wildman–Crippen LogP) is 6.02. The van der Waals surface area contributed by atoms with Crippen molar-refractivity contribution in [2.75, 3.05) is 13.1 Å². The fourth-order valence-electron chi connectivity index (χ4n) is 2.27. The first-order valence-corrected chi connectivity index (χ1v) is 10.6. The Morgan fingerprint density at radius 3 is 1.78 bits per heavy atom. The smallest absolute Gasteiger partial charge is 0.207 e. The minimum Gasteiger partial charge on any atom is -0.207 e. The molecule has 1 rings (SSSR count). The number of benzene rings is 1. The van der Waals surface area contributed by atoms with Gasteiger partial charge in [0.2, 0.25) is 10.0 Å². The second kappa shape index (κ2) is 10.1. The van der Waals surface area contributed by atoms with Crippen LogP contribution in [0.2, 0.25) is 15.1 Å². The van der Waals surface area contributed by atoms with Crippen LogP contribution in [0.25, 0.3) is 0 Å². The van der Waals surface area contributed by atoms with Gasteiger partial charge in [0.15, 0.2) is 0 Å². The molecule has 1 aromatic carbocycles. The van der Waals surface area contributed by atoms with E-state index in [-0.39, 0.29) is 20.0 Å². The molecule has 1 aromatic rings. The fraction of sp³-hybridized carbons (Fsp3) is 0.625. The average molecular weight is 401 g/mol. The van der Waals surface area contributed by atoms with Gasteiger partial charge < -0.3 is 0 Å². The van der Waals surface area contributed by atoms with Gasteiger partial charge in [0, 0.05) is 13.1 Å². The molecule has 132 valence electrons. The van der Waals surface area contributed by atoms with Crippen LogP contribution in [0.1, 0.15) is 52.4 Å². The van der Waals surface area contributed by atoms with E-state index in [1.807, 2.05) is 0 Å². The second-order valence-electron chi connectivity index (χ2n) is 5.52. The molecular weight excluding hydrogens is 377 g/mol. The van der Waals surface area contributed by atoms with Crippen LogP contribution >= 0.6 is 34.8 Å². The first-order chi connectivity index (χ1) is 10.8. The Morgan fingerprint density at radius 2 is 1.30 bits per heavy atom. The monoisotopic (exact) mass is 399 g/mol. The average Bonchev–Trinajstić information content (AvgIpc) is 2.49. The Bertz CT molecular complexity index is 596. The minimum absolute atomic E-state index is 0.0292. The zero-order valence-corrected chi connectivity index (χ0v) is 16.7. The Kier molecular flexibility index (Phi) is 9.24. The fourth-order valence-corrected chi connectivity index (χ4v) is 4.76. The summed E-state index contributed by atoms with van der Waals surface area (Å²) in [5.41, 5.74) is 0. The topological polar surface area (TPSA) is 37.4 Å². The highest BCUT2D eigenvalue weighted by atomic mass is 35.5. The van der Waals surface area contributed by atoms with Crippen LogP contribution in [0.15, 0.2) is 17.0 Å². The molecule has 0 amide bonds. The van der Waals surface area contributed by atoms with Crippen molar-refractivity contribution in [2.45, 2.75) is 57.3 Å². The van der Waals surface area contributed by atoms with E-state index in [1.165, 1.54) is 16.4 Å². The summed E-state index contributed by atoms with van der Waals surface area (Å²) < 4.78 is 27.4. The van der Waals surface area contributed by atoms with Crippen molar-refractivity contribution in [1.29, 1.82) is 0 Å². The van der Waals surface area contributed by atoms with Gasteiger partial charge in [-0.3, -0.25) is 0 Å². The lowest BCUT2D eigenvalue weighted by atomic mass is 10.2. The van der Waals surface area contributed by atoms with E-state index in [1.54, 1.807) is 0 Å². The number of hydrogen-bond donors (Lipinski definition) is 0. The summed E-state index contributed by atoms with van der Waals surface area (Å²) >= 11 is 18.0. The molecular formula is C16H24Cl3NO2S. The van der Waals surface area contributed by atoms with Crippen molar-refractivity contribution in [3.05, 3.63) is 27.2 Å². The highest BCUT2D eigenvalue weighted by Gasteiger charge is 2.27. The van der Waals surface area contributed by atoms with Crippen LogP contribution < -0.4 is 0 Å². The number of halogens is 3. The standard InChI is InChI=1S/C16H24Cl3NO2S/c1-3-5-7-9-20(10-8-6-4-2)23(21,22)16-12-14(18)13(17)11-15(16)19/h11-12H,3-10H2,1-2H3. The molecule has 0 aromatic heterocycles. The third kappa shape index (κ3) is 6.09. The number of hydrogen-bond acceptors (Lipinski definition) is 2. The van der Waals surface area contributed by atoms with E-state index in [2.05, 4.69) is 13.8 Å². The summed E-state index contributed by atoms with van der Waals surface area (Å²) in [6, 6.07) is 2.72. The Labute approximate surface area is 155 Å². The quantitative estimate of drug-likeness (QED) is 0.356. The SMILES string of the molecule is CCCCCN(CCCCC)S(=O)(=O)c1cc(Cl)c(Cl)cc1Cl. The zero-order valence-electron chi connectivity index (χ0n) is 13.6. The third-order valence-corrected chi connectivity index (χ3v) is 6.70. The number of rotatable bonds is 10. The second-order valence-corrected chi connectivity index (χ2v) is 8.64. The highest BCUT2D eigenvalue weighted by Crippen LogP contribution is 2.33. The van der Waals surface area contributed by atoms with Gasteiger partial charge in [-0.2, -0.15) is 4.31 Å². The maximum atomic E-state index is 12.9. The largest absolute Gasteiger partial charge is 0.244 e. The van der Waals surface area contributed by atoms with Crippen LogP contribution in [0, 0.1) is 0 Å². The molecule has 0 radical (unpaired) electrons. The maximum absolute atomic E-state index is 12.9. The molecule has 0 spiro atoms. The molecule has 0 aliphatic heterocycles. The molecule has 0 atom stereocenters. The lowest BCUT2D eigenvalue weighted by Gasteiger charge is -2.23. The minimum atomic E-state index is -3.67. The van der Waals surface area contributed by atoms with Crippen LogP contribution in [-0.4, -0.2) is 25.8 Å². The first-order valence-electron chi connectivity index (χ1n) is 7.99. The van der Waals surface area contributed by atoms with Crippen molar-refractivity contribution >= 4 is 44.8 Å². The third-order valence-electron chi connectivity index (χ3n) is 3.61. The van der Waals surface area contributed by atoms with Crippen LogP contribution in [-0.2, 0) is 10.0 Å². The van der Waals surface area contributed by atoms with E-state index in [4.69, 9.17) is 34.8 Å². The molecule has 3 nitrogen and oxygen atoms in total. The molecule has 23 heavy (non-hydrogen) atoms. The summed E-state index contributed by atoms with van der Waals surface area (Å²) in [5.74, 6) is 0.